The number of nitrogens with zero attached hydrogens (tertiary/aromatic N) is 1. The Kier molecular flexibility index (Phi) is 5.27. The van der Waals surface area contributed by atoms with Gasteiger partial charge in [-0.25, -0.2) is 4.98 Å². The number of hydrogen-bond acceptors (Lipinski definition) is 4. The van der Waals surface area contributed by atoms with E-state index in [1.807, 2.05) is 31.2 Å². The molecule has 6 heteroatoms. The van der Waals surface area contributed by atoms with E-state index in [-0.39, 0.29) is 5.91 Å². The fourth-order valence-corrected chi connectivity index (χ4v) is 2.41. The van der Waals surface area contributed by atoms with Crippen LogP contribution in [0.3, 0.4) is 0 Å². The SMILES string of the molecule is CCNc1nc(C(=O)NCCS(C)=O)cc2ccccc12. The van der Waals surface area contributed by atoms with E-state index >= 15 is 0 Å². The van der Waals surface area contributed by atoms with E-state index in [0.29, 0.717) is 23.8 Å². The zero-order valence-electron chi connectivity index (χ0n) is 12.2. The van der Waals surface area contributed by atoms with Crippen molar-refractivity contribution in [2.45, 2.75) is 6.92 Å². The van der Waals surface area contributed by atoms with Gasteiger partial charge in [0.05, 0.1) is 0 Å². The van der Waals surface area contributed by atoms with Crippen LogP contribution in [0.4, 0.5) is 5.82 Å². The highest BCUT2D eigenvalue weighted by Gasteiger charge is 2.11. The molecule has 0 saturated carbocycles. The molecule has 1 aromatic heterocycles. The topological polar surface area (TPSA) is 71.1 Å². The maximum absolute atomic E-state index is 12.1. The molecule has 0 fully saturated rings. The second-order valence-corrected chi connectivity index (χ2v) is 6.20. The van der Waals surface area contributed by atoms with Crippen LogP contribution in [-0.2, 0) is 10.8 Å². The van der Waals surface area contributed by atoms with Crippen molar-refractivity contribution in [1.29, 1.82) is 0 Å². The van der Waals surface area contributed by atoms with Gasteiger partial charge in [-0.2, -0.15) is 0 Å². The first-order valence-electron chi connectivity index (χ1n) is 6.83. The third-order valence-corrected chi connectivity index (χ3v) is 3.77. The molecule has 5 nitrogen and oxygen atoms in total. The molecule has 0 aliphatic heterocycles. The molecule has 0 bridgehead atoms. The summed E-state index contributed by atoms with van der Waals surface area (Å²) in [6.07, 6.45) is 1.61. The maximum atomic E-state index is 12.1. The molecule has 2 N–H and O–H groups in total. The van der Waals surface area contributed by atoms with Gasteiger partial charge in [0.1, 0.15) is 11.5 Å². The summed E-state index contributed by atoms with van der Waals surface area (Å²) in [5, 5.41) is 7.88. The highest BCUT2D eigenvalue weighted by Crippen LogP contribution is 2.22. The van der Waals surface area contributed by atoms with Crippen LogP contribution in [0.15, 0.2) is 30.3 Å². The Hall–Kier alpha value is -1.95. The second-order valence-electron chi connectivity index (χ2n) is 4.64. The number of aromatic nitrogens is 1. The van der Waals surface area contributed by atoms with E-state index in [0.717, 1.165) is 17.3 Å². The fraction of sp³-hybridized carbons (Fsp3) is 0.333. The number of amides is 1. The van der Waals surface area contributed by atoms with Crippen molar-refractivity contribution in [3.05, 3.63) is 36.0 Å². The number of benzene rings is 1. The molecule has 0 aliphatic carbocycles. The Balaban J connectivity index is 2.27. The molecule has 0 radical (unpaired) electrons. The molecule has 0 spiro atoms. The summed E-state index contributed by atoms with van der Waals surface area (Å²) >= 11 is 0. The van der Waals surface area contributed by atoms with Crippen LogP contribution in [-0.4, -0.2) is 40.2 Å². The summed E-state index contributed by atoms with van der Waals surface area (Å²) in [4.78, 5) is 16.5. The minimum Gasteiger partial charge on any atom is -0.370 e. The molecule has 2 aromatic rings. The largest absolute Gasteiger partial charge is 0.370 e. The van der Waals surface area contributed by atoms with Gasteiger partial charge in [-0.05, 0) is 18.4 Å². The number of nitrogens with one attached hydrogen (secondary N) is 2. The Bertz CT molecular complexity index is 673. The average Bonchev–Trinajstić information content (AvgIpc) is 2.47. The van der Waals surface area contributed by atoms with Crippen molar-refractivity contribution in [2.75, 3.05) is 30.4 Å². The monoisotopic (exact) mass is 305 g/mol. The second kappa shape index (κ2) is 7.17. The predicted molar refractivity (Wildman–Crippen MR) is 87.2 cm³/mol. The highest BCUT2D eigenvalue weighted by molar-refractivity contribution is 7.84. The van der Waals surface area contributed by atoms with Gasteiger partial charge in [0.2, 0.25) is 0 Å². The number of pyridine rings is 1. The summed E-state index contributed by atoms with van der Waals surface area (Å²) in [5.41, 5.74) is 0.367. The first kappa shape index (κ1) is 15.4. The molecule has 1 aromatic carbocycles. The third kappa shape index (κ3) is 4.01. The fourth-order valence-electron chi connectivity index (χ4n) is 2.02. The van der Waals surface area contributed by atoms with Crippen molar-refractivity contribution in [1.82, 2.24) is 10.3 Å². The van der Waals surface area contributed by atoms with Crippen LogP contribution in [0, 0.1) is 0 Å². The van der Waals surface area contributed by atoms with E-state index in [1.54, 1.807) is 12.3 Å². The van der Waals surface area contributed by atoms with Gasteiger partial charge in [0.25, 0.3) is 5.91 Å². The van der Waals surface area contributed by atoms with E-state index in [2.05, 4.69) is 15.6 Å². The minimum atomic E-state index is -0.916. The quantitative estimate of drug-likeness (QED) is 0.853. The van der Waals surface area contributed by atoms with Crippen molar-refractivity contribution in [2.24, 2.45) is 0 Å². The lowest BCUT2D eigenvalue weighted by molar-refractivity contribution is 0.0951. The van der Waals surface area contributed by atoms with Crippen LogP contribution >= 0.6 is 0 Å². The first-order valence-corrected chi connectivity index (χ1v) is 8.56. The van der Waals surface area contributed by atoms with Crippen LogP contribution in [0.5, 0.6) is 0 Å². The van der Waals surface area contributed by atoms with E-state index in [1.165, 1.54) is 0 Å². The maximum Gasteiger partial charge on any atom is 0.270 e. The number of hydrogen-bond donors (Lipinski definition) is 2. The molecule has 112 valence electrons. The zero-order chi connectivity index (χ0) is 15.2. The molecule has 1 unspecified atom stereocenters. The summed E-state index contributed by atoms with van der Waals surface area (Å²) in [6.45, 7) is 3.10. The number of anilines is 1. The number of fused-ring (bicyclic) bond motifs is 1. The lowest BCUT2D eigenvalue weighted by atomic mass is 10.1. The van der Waals surface area contributed by atoms with E-state index < -0.39 is 10.8 Å². The lowest BCUT2D eigenvalue weighted by Gasteiger charge is -2.10. The van der Waals surface area contributed by atoms with Gasteiger partial charge in [-0.3, -0.25) is 9.00 Å². The number of carbonyl (C=O) groups is 1. The molecule has 1 amide bonds. The van der Waals surface area contributed by atoms with E-state index in [4.69, 9.17) is 0 Å². The highest BCUT2D eigenvalue weighted by atomic mass is 32.2. The third-order valence-electron chi connectivity index (χ3n) is 2.99. The van der Waals surface area contributed by atoms with Crippen molar-refractivity contribution < 1.29 is 9.00 Å². The van der Waals surface area contributed by atoms with Crippen molar-refractivity contribution >= 4 is 33.3 Å². The van der Waals surface area contributed by atoms with Gasteiger partial charge < -0.3 is 10.6 Å². The smallest absolute Gasteiger partial charge is 0.270 e. The molecule has 21 heavy (non-hydrogen) atoms. The van der Waals surface area contributed by atoms with Gasteiger partial charge in [-0.15, -0.1) is 0 Å². The van der Waals surface area contributed by atoms with Gasteiger partial charge in [0, 0.05) is 41.3 Å². The average molecular weight is 305 g/mol. The van der Waals surface area contributed by atoms with Gasteiger partial charge in [-0.1, -0.05) is 24.3 Å². The van der Waals surface area contributed by atoms with Crippen LogP contribution < -0.4 is 10.6 Å². The zero-order valence-corrected chi connectivity index (χ0v) is 13.0. The summed E-state index contributed by atoms with van der Waals surface area (Å²) in [7, 11) is -0.916. The molecule has 2 rings (SSSR count). The molecule has 0 aliphatic rings. The number of carbonyl (C=O) groups excluding carboxylic acids is 1. The van der Waals surface area contributed by atoms with Crippen molar-refractivity contribution in [3.8, 4) is 0 Å². The van der Waals surface area contributed by atoms with Gasteiger partial charge in [0.15, 0.2) is 0 Å². The number of rotatable bonds is 6. The van der Waals surface area contributed by atoms with Crippen LogP contribution in [0.1, 0.15) is 17.4 Å². The standard InChI is InChI=1S/C15H19N3O2S/c1-3-16-14-12-7-5-4-6-11(12)10-13(18-14)15(19)17-8-9-21(2)20/h4-7,10H,3,8-9H2,1-2H3,(H,16,18)(H,17,19). The Morgan fingerprint density at radius 2 is 2.10 bits per heavy atom. The Morgan fingerprint density at radius 3 is 2.81 bits per heavy atom. The van der Waals surface area contributed by atoms with E-state index in [9.17, 15) is 9.00 Å². The molecular weight excluding hydrogens is 286 g/mol. The Morgan fingerprint density at radius 1 is 1.33 bits per heavy atom. The Labute approximate surface area is 126 Å². The summed E-state index contributed by atoms with van der Waals surface area (Å²) in [5.74, 6) is 0.907. The molecule has 0 saturated heterocycles. The first-order chi connectivity index (χ1) is 10.1. The lowest BCUT2D eigenvalue weighted by Crippen LogP contribution is -2.28. The minimum absolute atomic E-state index is 0.245. The molecule has 1 atom stereocenters. The van der Waals surface area contributed by atoms with Crippen LogP contribution in [0.2, 0.25) is 0 Å². The van der Waals surface area contributed by atoms with Gasteiger partial charge >= 0.3 is 0 Å². The molecular formula is C15H19N3O2S. The predicted octanol–water partition coefficient (Wildman–Crippen LogP) is 1.77. The molecule has 1 heterocycles. The normalized spacial score (nSPS) is 12.1. The summed E-state index contributed by atoms with van der Waals surface area (Å²) < 4.78 is 11.0. The summed E-state index contributed by atoms with van der Waals surface area (Å²) in [6, 6.07) is 9.58. The van der Waals surface area contributed by atoms with Crippen molar-refractivity contribution in [3.63, 3.8) is 0 Å². The van der Waals surface area contributed by atoms with Crippen LogP contribution in [0.25, 0.3) is 10.8 Å².